The summed E-state index contributed by atoms with van der Waals surface area (Å²) in [6.45, 7) is 3.34. The maximum Gasteiger partial charge on any atom is 0.274 e. The molecule has 34 heavy (non-hydrogen) atoms. The third-order valence-corrected chi connectivity index (χ3v) is 7.90. The van der Waals surface area contributed by atoms with Crippen LogP contribution < -0.4 is 5.56 Å². The largest absolute Gasteiger partial charge is 0.303 e. The van der Waals surface area contributed by atoms with E-state index in [1.165, 1.54) is 57.2 Å². The summed E-state index contributed by atoms with van der Waals surface area (Å²) >= 11 is 0. The summed E-state index contributed by atoms with van der Waals surface area (Å²) in [4.78, 5) is 16.1. The van der Waals surface area contributed by atoms with Crippen LogP contribution in [0.25, 0.3) is 10.8 Å². The van der Waals surface area contributed by atoms with E-state index < -0.39 is 0 Å². The van der Waals surface area contributed by atoms with Crippen LogP contribution in [0.2, 0.25) is 0 Å². The second-order valence-corrected chi connectivity index (χ2v) is 10.3. The third-order valence-electron chi connectivity index (χ3n) is 7.90. The van der Waals surface area contributed by atoms with Gasteiger partial charge in [0.25, 0.3) is 5.56 Å². The molecule has 2 heterocycles. The van der Waals surface area contributed by atoms with Crippen LogP contribution in [0.1, 0.15) is 75.1 Å². The van der Waals surface area contributed by atoms with Gasteiger partial charge < -0.3 is 4.90 Å². The van der Waals surface area contributed by atoms with Crippen LogP contribution in [0.5, 0.6) is 0 Å². The molecule has 2 aromatic carbocycles. The van der Waals surface area contributed by atoms with Gasteiger partial charge in [-0.1, -0.05) is 62.4 Å². The molecule has 1 saturated heterocycles. The number of nitrogens with zero attached hydrogens (tertiary/aromatic N) is 3. The van der Waals surface area contributed by atoms with Gasteiger partial charge >= 0.3 is 0 Å². The van der Waals surface area contributed by atoms with Gasteiger partial charge in [0.1, 0.15) is 5.82 Å². The maximum atomic E-state index is 13.4. The van der Waals surface area contributed by atoms with E-state index in [1.807, 2.05) is 24.3 Å². The molecule has 1 aliphatic heterocycles. The average Bonchev–Trinajstić information content (AvgIpc) is 3.12. The highest BCUT2D eigenvalue weighted by atomic mass is 19.1. The van der Waals surface area contributed by atoms with Crippen LogP contribution in [0.15, 0.2) is 53.3 Å². The number of likely N-dealkylation sites (tertiary alicyclic amines) is 1. The van der Waals surface area contributed by atoms with Crippen LogP contribution in [0.3, 0.4) is 0 Å². The van der Waals surface area contributed by atoms with E-state index in [4.69, 9.17) is 5.10 Å². The van der Waals surface area contributed by atoms with Crippen molar-refractivity contribution in [3.05, 3.63) is 76.0 Å². The number of hydrogen-bond acceptors (Lipinski definition) is 3. The van der Waals surface area contributed by atoms with Gasteiger partial charge in [-0.05, 0) is 68.5 Å². The lowest BCUT2D eigenvalue weighted by molar-refractivity contribution is 0.235. The fraction of sp³-hybridized carbons (Fsp3) is 0.517. The quantitative estimate of drug-likeness (QED) is 0.444. The molecule has 0 radical (unpaired) electrons. The van der Waals surface area contributed by atoms with E-state index in [0.29, 0.717) is 6.42 Å². The van der Waals surface area contributed by atoms with Crippen molar-refractivity contribution in [2.24, 2.45) is 5.92 Å². The molecule has 1 aromatic heterocycles. The molecule has 1 unspecified atom stereocenters. The number of benzene rings is 2. The van der Waals surface area contributed by atoms with Crippen molar-refractivity contribution in [3.63, 3.8) is 0 Å². The van der Waals surface area contributed by atoms with Crippen molar-refractivity contribution in [1.82, 2.24) is 14.7 Å². The molecule has 0 amide bonds. The van der Waals surface area contributed by atoms with Crippen molar-refractivity contribution in [1.29, 1.82) is 0 Å². The van der Waals surface area contributed by atoms with Gasteiger partial charge in [-0.2, -0.15) is 5.10 Å². The van der Waals surface area contributed by atoms with Gasteiger partial charge in [0.2, 0.25) is 0 Å². The second kappa shape index (κ2) is 10.8. The Labute approximate surface area is 201 Å². The van der Waals surface area contributed by atoms with Crippen LogP contribution in [-0.2, 0) is 6.42 Å². The van der Waals surface area contributed by atoms with E-state index in [9.17, 15) is 9.18 Å². The predicted octanol–water partition coefficient (Wildman–Crippen LogP) is 6.12. The molecule has 0 N–H and O–H groups in total. The van der Waals surface area contributed by atoms with Gasteiger partial charge in [-0.15, -0.1) is 0 Å². The molecule has 0 bridgehead atoms. The summed E-state index contributed by atoms with van der Waals surface area (Å²) in [6, 6.07) is 14.5. The van der Waals surface area contributed by atoms with Gasteiger partial charge in [0.05, 0.1) is 17.1 Å². The summed E-state index contributed by atoms with van der Waals surface area (Å²) < 4.78 is 15.2. The Morgan fingerprint density at radius 2 is 1.62 bits per heavy atom. The Kier molecular flexibility index (Phi) is 7.39. The lowest BCUT2D eigenvalue weighted by atomic mass is 9.87. The number of fused-ring (bicyclic) bond motifs is 1. The smallest absolute Gasteiger partial charge is 0.274 e. The summed E-state index contributed by atoms with van der Waals surface area (Å²) in [6.07, 6.45) is 12.0. The minimum atomic E-state index is -0.238. The van der Waals surface area contributed by atoms with Crippen molar-refractivity contribution >= 4 is 10.8 Å². The molecule has 0 spiro atoms. The molecule has 5 rings (SSSR count). The molecule has 1 aliphatic carbocycles. The first-order chi connectivity index (χ1) is 16.7. The zero-order valence-corrected chi connectivity index (χ0v) is 20.1. The summed E-state index contributed by atoms with van der Waals surface area (Å²) in [5, 5.41) is 6.55. The molecular weight excluding hydrogens is 425 g/mol. The normalized spacial score (nSPS) is 20.4. The van der Waals surface area contributed by atoms with Gasteiger partial charge in [0.15, 0.2) is 0 Å². The summed E-state index contributed by atoms with van der Waals surface area (Å²) in [5.74, 6) is 0.671. The molecule has 3 aromatic rings. The lowest BCUT2D eigenvalue weighted by Crippen LogP contribution is -2.31. The van der Waals surface area contributed by atoms with Crippen LogP contribution in [-0.4, -0.2) is 34.3 Å². The van der Waals surface area contributed by atoms with Crippen LogP contribution >= 0.6 is 0 Å². The first kappa shape index (κ1) is 23.2. The summed E-state index contributed by atoms with van der Waals surface area (Å²) in [7, 11) is 0. The van der Waals surface area contributed by atoms with E-state index in [-0.39, 0.29) is 17.4 Å². The zero-order valence-electron chi connectivity index (χ0n) is 20.1. The van der Waals surface area contributed by atoms with Gasteiger partial charge in [-0.3, -0.25) is 4.79 Å². The van der Waals surface area contributed by atoms with Crippen molar-refractivity contribution in [2.75, 3.05) is 19.6 Å². The third kappa shape index (κ3) is 5.41. The topological polar surface area (TPSA) is 38.1 Å². The first-order valence-electron chi connectivity index (χ1n) is 13.1. The SMILES string of the molecule is O=c1c2ccccc2c(Cc2ccc(F)cc2)nn1C1CCCN(CCC2CCCCC2)CC1. The Balaban J connectivity index is 1.34. The van der Waals surface area contributed by atoms with Gasteiger partial charge in [0, 0.05) is 18.4 Å². The highest BCUT2D eigenvalue weighted by molar-refractivity contribution is 5.83. The predicted molar refractivity (Wildman–Crippen MR) is 136 cm³/mol. The van der Waals surface area contributed by atoms with E-state index >= 15 is 0 Å². The maximum absolute atomic E-state index is 13.4. The van der Waals surface area contributed by atoms with Crippen LogP contribution in [0, 0.1) is 11.7 Å². The molecule has 1 saturated carbocycles. The highest BCUT2D eigenvalue weighted by Crippen LogP contribution is 2.28. The van der Waals surface area contributed by atoms with Gasteiger partial charge in [-0.25, -0.2) is 9.07 Å². The van der Waals surface area contributed by atoms with Crippen molar-refractivity contribution < 1.29 is 4.39 Å². The molecular formula is C29H36FN3O. The minimum Gasteiger partial charge on any atom is -0.303 e. The molecule has 180 valence electrons. The minimum absolute atomic E-state index is 0.0131. The molecule has 2 aliphatic rings. The number of halogens is 1. The fourth-order valence-electron chi connectivity index (χ4n) is 5.90. The summed E-state index contributed by atoms with van der Waals surface area (Å²) in [5.41, 5.74) is 1.90. The Bertz CT molecular complexity index is 1150. The lowest BCUT2D eigenvalue weighted by Gasteiger charge is -2.26. The molecule has 4 nitrogen and oxygen atoms in total. The monoisotopic (exact) mass is 461 g/mol. The number of aromatic nitrogens is 2. The van der Waals surface area contributed by atoms with Crippen LogP contribution in [0.4, 0.5) is 4.39 Å². The fourth-order valence-corrected chi connectivity index (χ4v) is 5.90. The molecule has 2 fully saturated rings. The Morgan fingerprint density at radius 1 is 0.853 bits per heavy atom. The van der Waals surface area contributed by atoms with Crippen molar-refractivity contribution in [3.8, 4) is 0 Å². The molecule has 1 atom stereocenters. The van der Waals surface area contributed by atoms with E-state index in [1.54, 1.807) is 16.8 Å². The Morgan fingerprint density at radius 3 is 2.41 bits per heavy atom. The number of hydrogen-bond donors (Lipinski definition) is 0. The van der Waals surface area contributed by atoms with E-state index in [0.717, 1.165) is 60.3 Å². The number of rotatable bonds is 6. The van der Waals surface area contributed by atoms with Crippen molar-refractivity contribution in [2.45, 2.75) is 70.3 Å². The highest BCUT2D eigenvalue weighted by Gasteiger charge is 2.23. The Hall–Kier alpha value is -2.53. The van der Waals surface area contributed by atoms with E-state index in [2.05, 4.69) is 4.90 Å². The first-order valence-corrected chi connectivity index (χ1v) is 13.1. The zero-order chi connectivity index (χ0) is 23.3. The standard InChI is InChI=1S/C29H36FN3O/c30-24-14-12-23(13-15-24)21-28-26-10-4-5-11-27(26)29(34)33(31-28)25-9-6-18-32(20-17-25)19-16-22-7-2-1-3-8-22/h4-5,10-15,22,25H,1-3,6-9,16-21H2. The molecule has 5 heteroatoms. The average molecular weight is 462 g/mol. The second-order valence-electron chi connectivity index (χ2n) is 10.3.